The maximum Gasteiger partial charge on any atom is 0.317 e. The summed E-state index contributed by atoms with van der Waals surface area (Å²) in [6.07, 6.45) is 3.35. The number of hydrogen-bond donors (Lipinski definition) is 0. The van der Waals surface area contributed by atoms with Gasteiger partial charge < -0.3 is 68.3 Å². The van der Waals surface area contributed by atoms with Crippen molar-refractivity contribution in [1.29, 1.82) is 0 Å². The Morgan fingerprint density at radius 2 is 0.476 bits per heavy atom. The summed E-state index contributed by atoms with van der Waals surface area (Å²) >= 11 is 0. The maximum absolute atomic E-state index is 6.77. The van der Waals surface area contributed by atoms with Crippen LogP contribution in [0.15, 0.2) is 97.1 Å². The van der Waals surface area contributed by atoms with E-state index in [2.05, 4.69) is 203 Å². The van der Waals surface area contributed by atoms with Gasteiger partial charge >= 0.3 is 52.8 Å². The zero-order valence-electron chi connectivity index (χ0n) is 51.9. The number of benzene rings is 4. The Bertz CT molecular complexity index is 2350. The molecule has 16 nitrogen and oxygen atoms in total. The molecule has 0 N–H and O–H groups in total. The summed E-state index contributed by atoms with van der Waals surface area (Å²) in [7, 11) is -24.2. The second-order valence-corrected chi connectivity index (χ2v) is 55.8. The van der Waals surface area contributed by atoms with Crippen LogP contribution in [0, 0.1) is 0 Å². The van der Waals surface area contributed by atoms with Gasteiger partial charge in [0.2, 0.25) is 0 Å². The van der Waals surface area contributed by atoms with Gasteiger partial charge in [0.15, 0.2) is 0 Å². The standard InChI is InChI=1S/C54H96O16Si12/c1-53(2,45-21-29-49(30-22-45)55-37-17-41-79(13)63-73(7)59-71(5)60-74(8)64-79)47-25-33-51(34-26-47)57-39-19-43-81(15)67-77(11)69-82(16,70-78(12)68-81)44-20-40-58-52-35-27-48(28-36-52)54(3,4)46-23-31-50(32-24-46)56-38-18-42-80(14)65-75(9)61-72(6)62-76(10)66-80/h21-36,71-78H,17-20,37-44H2,1-16H3. The Morgan fingerprint density at radius 3 is 0.671 bits per heavy atom. The first-order valence-electron chi connectivity index (χ1n) is 29.7. The molecule has 7 rings (SSSR count). The first kappa shape index (κ1) is 67.7. The summed E-state index contributed by atoms with van der Waals surface area (Å²) in [5.41, 5.74) is 4.42. The summed E-state index contributed by atoms with van der Waals surface area (Å²) in [6, 6.07) is 37.2. The van der Waals surface area contributed by atoms with Crippen LogP contribution >= 0.6 is 0 Å². The fourth-order valence-corrected chi connectivity index (χ4v) is 58.0. The van der Waals surface area contributed by atoms with E-state index in [4.69, 9.17) is 68.3 Å². The van der Waals surface area contributed by atoms with Gasteiger partial charge in [-0.1, -0.05) is 76.2 Å². The first-order valence-corrected chi connectivity index (χ1v) is 56.6. The number of rotatable bonds is 24. The quantitative estimate of drug-likeness (QED) is 0.0484. The molecular weight excluding hydrogens is 1240 g/mol. The third kappa shape index (κ3) is 20.7. The predicted molar refractivity (Wildman–Crippen MR) is 353 cm³/mol. The lowest BCUT2D eigenvalue weighted by molar-refractivity contribution is 0.247. The average Bonchev–Trinajstić information content (AvgIpc) is 3.56. The third-order valence-corrected chi connectivity index (χ3v) is 59.2. The van der Waals surface area contributed by atoms with E-state index in [1.807, 2.05) is 0 Å². The smallest absolute Gasteiger partial charge is 0.317 e. The van der Waals surface area contributed by atoms with E-state index in [1.165, 1.54) is 22.3 Å². The fourth-order valence-electron chi connectivity index (χ4n) is 11.2. The molecule has 3 saturated heterocycles. The lowest BCUT2D eigenvalue weighted by Crippen LogP contribution is -2.58. The minimum atomic E-state index is -2.54. The molecule has 0 aromatic heterocycles. The van der Waals surface area contributed by atoms with Gasteiger partial charge in [0, 0.05) is 10.8 Å². The van der Waals surface area contributed by atoms with Crippen LogP contribution in [0.5, 0.6) is 23.0 Å². The number of hydrogen-bond acceptors (Lipinski definition) is 16. The lowest BCUT2D eigenvalue weighted by Gasteiger charge is -2.41. The molecule has 0 saturated carbocycles. The minimum Gasteiger partial charge on any atom is -0.494 e. The largest absolute Gasteiger partial charge is 0.494 e. The molecule has 82 heavy (non-hydrogen) atoms. The highest BCUT2D eigenvalue weighted by molar-refractivity contribution is 6.85. The molecule has 28 heteroatoms. The maximum atomic E-state index is 6.77. The van der Waals surface area contributed by atoms with Crippen LogP contribution in [-0.2, 0) is 60.2 Å². The Morgan fingerprint density at radius 1 is 0.293 bits per heavy atom. The molecule has 3 aliphatic heterocycles. The molecule has 456 valence electrons. The van der Waals surface area contributed by atoms with Gasteiger partial charge in [-0.05, 0) is 199 Å². The van der Waals surface area contributed by atoms with Gasteiger partial charge in [-0.2, -0.15) is 0 Å². The normalized spacial score (nSPS) is 30.6. The molecule has 4 aromatic rings. The molecule has 3 aliphatic rings. The van der Waals surface area contributed by atoms with Crippen molar-refractivity contribution in [2.45, 2.75) is 167 Å². The van der Waals surface area contributed by atoms with Crippen molar-refractivity contribution in [2.24, 2.45) is 0 Å². The van der Waals surface area contributed by atoms with Crippen LogP contribution in [0.4, 0.5) is 0 Å². The van der Waals surface area contributed by atoms with Crippen LogP contribution in [0.1, 0.15) is 75.6 Å². The Balaban J connectivity index is 0.781. The summed E-state index contributed by atoms with van der Waals surface area (Å²) in [5, 5.41) is 0. The highest BCUT2D eigenvalue weighted by Gasteiger charge is 2.45. The van der Waals surface area contributed by atoms with E-state index >= 15 is 0 Å². The van der Waals surface area contributed by atoms with Gasteiger partial charge in [0.1, 0.15) is 23.0 Å². The van der Waals surface area contributed by atoms with Crippen molar-refractivity contribution < 1.29 is 68.3 Å². The summed E-state index contributed by atoms with van der Waals surface area (Å²) in [6.45, 7) is 36.6. The molecule has 0 bridgehead atoms. The lowest BCUT2D eigenvalue weighted by atomic mass is 9.78. The molecule has 0 spiro atoms. The second-order valence-electron chi connectivity index (χ2n) is 23.7. The molecule has 4 unspecified atom stereocenters. The monoisotopic (exact) mass is 1340 g/mol. The van der Waals surface area contributed by atoms with Gasteiger partial charge in [-0.25, -0.2) is 0 Å². The van der Waals surface area contributed by atoms with Crippen molar-refractivity contribution in [3.63, 3.8) is 0 Å². The molecule has 0 amide bonds. The van der Waals surface area contributed by atoms with E-state index in [0.29, 0.717) is 26.4 Å². The van der Waals surface area contributed by atoms with Gasteiger partial charge in [-0.15, -0.1) is 0 Å². The van der Waals surface area contributed by atoms with Gasteiger partial charge in [-0.3, -0.25) is 0 Å². The fraction of sp³-hybridized carbons (Fsp3) is 0.556. The highest BCUT2D eigenvalue weighted by atomic mass is 28.5. The second kappa shape index (κ2) is 30.4. The van der Waals surface area contributed by atoms with Crippen LogP contribution < -0.4 is 18.9 Å². The molecule has 3 fully saturated rings. The minimum absolute atomic E-state index is 0.211. The molecule has 0 aliphatic carbocycles. The Labute approximate surface area is 509 Å². The zero-order valence-corrected chi connectivity index (χ0v) is 65.1. The zero-order chi connectivity index (χ0) is 59.4. The predicted octanol–water partition coefficient (Wildman–Crippen LogP) is 10.4. The van der Waals surface area contributed by atoms with E-state index in [0.717, 1.165) is 72.9 Å². The van der Waals surface area contributed by atoms with Crippen molar-refractivity contribution in [2.75, 3.05) is 26.4 Å². The van der Waals surface area contributed by atoms with Crippen LogP contribution in [0.3, 0.4) is 0 Å². The van der Waals surface area contributed by atoms with Gasteiger partial charge in [0.05, 0.1) is 26.4 Å². The van der Waals surface area contributed by atoms with Crippen LogP contribution in [0.2, 0.25) is 103 Å². The van der Waals surface area contributed by atoms with Crippen molar-refractivity contribution >= 4 is 109 Å². The van der Waals surface area contributed by atoms with Gasteiger partial charge in [0.25, 0.3) is 55.7 Å². The average molecular weight is 1340 g/mol. The van der Waals surface area contributed by atoms with Crippen molar-refractivity contribution in [3.8, 4) is 23.0 Å². The number of ether oxygens (including phenoxy) is 4. The summed E-state index contributed by atoms with van der Waals surface area (Å²) < 4.78 is 102. The Kier molecular flexibility index (Phi) is 25.1. The summed E-state index contributed by atoms with van der Waals surface area (Å²) in [4.78, 5) is 0. The van der Waals surface area contributed by atoms with E-state index in [9.17, 15) is 0 Å². The van der Waals surface area contributed by atoms with E-state index in [1.54, 1.807) is 0 Å². The first-order chi connectivity index (χ1) is 38.7. The summed E-state index contributed by atoms with van der Waals surface area (Å²) in [5.74, 6) is 3.41. The van der Waals surface area contributed by atoms with E-state index in [-0.39, 0.29) is 10.8 Å². The third-order valence-electron chi connectivity index (χ3n) is 15.3. The molecule has 4 aromatic carbocycles. The molecule has 4 atom stereocenters. The molecule has 0 radical (unpaired) electrons. The van der Waals surface area contributed by atoms with Crippen molar-refractivity contribution in [1.82, 2.24) is 0 Å². The SMILES string of the molecule is C[SiH]1O[SiH](C)O[Si](C)(CCCOc2ccc(C(C)(C)c3ccc(OCCC[Si]4(C)O[SiH](C)O[Si](C)(CCCOc5ccc(C(C)(C)c6ccc(OCCC[Si]7(C)O[SiH](C)O[SiH](C)O[SiH](C)O7)cc6)cc5)O[SiH](C)O4)cc3)cc2)O[SiH](C)O1. The molecule has 3 heterocycles. The topological polar surface area (TPSA) is 148 Å². The van der Waals surface area contributed by atoms with E-state index < -0.39 is 109 Å². The van der Waals surface area contributed by atoms with Crippen LogP contribution in [-0.4, -0.2) is 135 Å². The Hall–Kier alpha value is -1.80. The van der Waals surface area contributed by atoms with Crippen LogP contribution in [0.25, 0.3) is 0 Å². The van der Waals surface area contributed by atoms with Crippen molar-refractivity contribution in [3.05, 3.63) is 119 Å². The molecular formula is C54H96O16Si12. The highest BCUT2D eigenvalue weighted by Crippen LogP contribution is 2.36.